The van der Waals surface area contributed by atoms with E-state index in [0.717, 1.165) is 11.3 Å². The summed E-state index contributed by atoms with van der Waals surface area (Å²) in [5.41, 5.74) is 3.01. The Bertz CT molecular complexity index is 597. The van der Waals surface area contributed by atoms with Crippen LogP contribution in [0.25, 0.3) is 0 Å². The van der Waals surface area contributed by atoms with Gasteiger partial charge in [0.05, 0.1) is 9.95 Å². The van der Waals surface area contributed by atoms with Crippen LogP contribution in [0.1, 0.15) is 11.1 Å². The molecule has 0 radical (unpaired) electrons. The molecule has 2 aromatic carbocycles. The molecule has 2 rings (SSSR count). The van der Waals surface area contributed by atoms with Crippen molar-refractivity contribution < 1.29 is 4.92 Å². The van der Waals surface area contributed by atoms with Gasteiger partial charge >= 0.3 is 0 Å². The van der Waals surface area contributed by atoms with E-state index in [1.54, 1.807) is 6.07 Å². The summed E-state index contributed by atoms with van der Waals surface area (Å²) in [5.74, 6) is 0. The highest BCUT2D eigenvalue weighted by Gasteiger charge is 2.09. The van der Waals surface area contributed by atoms with Crippen molar-refractivity contribution >= 4 is 23.0 Å². The van der Waals surface area contributed by atoms with Gasteiger partial charge in [0.2, 0.25) is 0 Å². The van der Waals surface area contributed by atoms with E-state index in [2.05, 4.69) is 5.32 Å². The Kier molecular flexibility index (Phi) is 4.02. The van der Waals surface area contributed by atoms with Crippen molar-refractivity contribution in [1.29, 1.82) is 0 Å². The highest BCUT2D eigenvalue weighted by molar-refractivity contribution is 6.31. The molecule has 0 fully saturated rings. The molecule has 19 heavy (non-hydrogen) atoms. The molecule has 0 spiro atoms. The van der Waals surface area contributed by atoms with E-state index in [9.17, 15) is 10.1 Å². The Balaban J connectivity index is 2.07. The third kappa shape index (κ3) is 3.45. The van der Waals surface area contributed by atoms with E-state index in [1.165, 1.54) is 17.7 Å². The van der Waals surface area contributed by atoms with E-state index in [1.807, 2.05) is 31.2 Å². The number of benzene rings is 2. The van der Waals surface area contributed by atoms with Gasteiger partial charge in [-0.25, -0.2) is 0 Å². The van der Waals surface area contributed by atoms with E-state index in [-0.39, 0.29) is 5.69 Å². The van der Waals surface area contributed by atoms with Gasteiger partial charge in [0.1, 0.15) is 0 Å². The van der Waals surface area contributed by atoms with Crippen LogP contribution in [0.2, 0.25) is 5.02 Å². The molecule has 0 saturated heterocycles. The van der Waals surface area contributed by atoms with Gasteiger partial charge in [-0.2, -0.15) is 0 Å². The van der Waals surface area contributed by atoms with Crippen LogP contribution in [0.3, 0.4) is 0 Å². The van der Waals surface area contributed by atoms with Gasteiger partial charge in [-0.15, -0.1) is 0 Å². The fourth-order valence-corrected chi connectivity index (χ4v) is 1.90. The number of hydrogen-bond donors (Lipinski definition) is 1. The number of non-ortho nitro benzene ring substituents is 1. The second-order valence-corrected chi connectivity index (χ2v) is 4.66. The topological polar surface area (TPSA) is 55.2 Å². The quantitative estimate of drug-likeness (QED) is 0.673. The third-order valence-electron chi connectivity index (χ3n) is 2.78. The van der Waals surface area contributed by atoms with E-state index >= 15 is 0 Å². The molecule has 0 bridgehead atoms. The first-order valence-electron chi connectivity index (χ1n) is 5.79. The lowest BCUT2D eigenvalue weighted by molar-refractivity contribution is -0.384. The molecular formula is C14H13ClN2O2. The lowest BCUT2D eigenvalue weighted by Crippen LogP contribution is -2.00. The number of aryl methyl sites for hydroxylation is 1. The number of hydrogen-bond acceptors (Lipinski definition) is 3. The van der Waals surface area contributed by atoms with Gasteiger partial charge in [0, 0.05) is 24.4 Å². The second-order valence-electron chi connectivity index (χ2n) is 4.25. The van der Waals surface area contributed by atoms with Crippen molar-refractivity contribution in [2.75, 3.05) is 5.32 Å². The van der Waals surface area contributed by atoms with Crippen molar-refractivity contribution in [1.82, 2.24) is 0 Å². The van der Waals surface area contributed by atoms with E-state index in [0.29, 0.717) is 11.6 Å². The normalized spacial score (nSPS) is 10.2. The predicted octanol–water partition coefficient (Wildman–Crippen LogP) is 4.17. The second kappa shape index (κ2) is 5.71. The van der Waals surface area contributed by atoms with Crippen LogP contribution in [0.15, 0.2) is 42.5 Å². The molecule has 2 aromatic rings. The van der Waals surface area contributed by atoms with E-state index in [4.69, 9.17) is 11.6 Å². The van der Waals surface area contributed by atoms with Gasteiger partial charge in [-0.1, -0.05) is 29.3 Å². The molecule has 5 heteroatoms. The van der Waals surface area contributed by atoms with Crippen molar-refractivity contribution in [3.63, 3.8) is 0 Å². The van der Waals surface area contributed by atoms with Crippen LogP contribution in [0.4, 0.5) is 11.4 Å². The molecule has 98 valence electrons. The fraction of sp³-hybridized carbons (Fsp3) is 0.143. The summed E-state index contributed by atoms with van der Waals surface area (Å²) in [6.45, 7) is 2.55. The van der Waals surface area contributed by atoms with Crippen LogP contribution in [-0.4, -0.2) is 4.92 Å². The molecule has 0 unspecified atom stereocenters. The van der Waals surface area contributed by atoms with Gasteiger partial charge in [-0.05, 0) is 30.7 Å². The average molecular weight is 277 g/mol. The molecule has 0 aliphatic heterocycles. The summed E-state index contributed by atoms with van der Waals surface area (Å²) in [6.07, 6.45) is 0. The summed E-state index contributed by atoms with van der Waals surface area (Å²) in [6, 6.07) is 12.5. The van der Waals surface area contributed by atoms with Crippen LogP contribution < -0.4 is 5.32 Å². The van der Waals surface area contributed by atoms with Crippen molar-refractivity contribution in [2.45, 2.75) is 13.5 Å². The minimum absolute atomic E-state index is 0.00378. The smallest absolute Gasteiger partial charge is 0.270 e. The largest absolute Gasteiger partial charge is 0.381 e. The minimum atomic E-state index is -0.455. The molecule has 0 saturated carbocycles. The zero-order valence-corrected chi connectivity index (χ0v) is 11.1. The molecule has 0 aliphatic carbocycles. The average Bonchev–Trinajstić information content (AvgIpc) is 2.39. The number of anilines is 1. The van der Waals surface area contributed by atoms with Crippen LogP contribution in [0.5, 0.6) is 0 Å². The summed E-state index contributed by atoms with van der Waals surface area (Å²) < 4.78 is 0. The molecule has 1 N–H and O–H groups in total. The van der Waals surface area contributed by atoms with Crippen molar-refractivity contribution in [3.8, 4) is 0 Å². The lowest BCUT2D eigenvalue weighted by Gasteiger charge is -2.08. The summed E-state index contributed by atoms with van der Waals surface area (Å²) in [4.78, 5) is 10.2. The highest BCUT2D eigenvalue weighted by atomic mass is 35.5. The fourth-order valence-electron chi connectivity index (χ4n) is 1.66. The SMILES string of the molecule is Cc1ccc(NCc2ccc([N+](=O)[O-])cc2Cl)cc1. The van der Waals surface area contributed by atoms with Gasteiger partial charge in [0.25, 0.3) is 5.69 Å². The van der Waals surface area contributed by atoms with Crippen LogP contribution in [-0.2, 0) is 6.54 Å². The van der Waals surface area contributed by atoms with E-state index < -0.39 is 4.92 Å². The molecule has 4 nitrogen and oxygen atoms in total. The first-order chi connectivity index (χ1) is 9.06. The maximum atomic E-state index is 10.6. The molecule has 0 atom stereocenters. The maximum Gasteiger partial charge on any atom is 0.270 e. The zero-order valence-electron chi connectivity index (χ0n) is 10.4. The summed E-state index contributed by atoms with van der Waals surface area (Å²) in [5, 5.41) is 14.2. The number of rotatable bonds is 4. The number of nitrogens with one attached hydrogen (secondary N) is 1. The van der Waals surface area contributed by atoms with Crippen molar-refractivity contribution in [3.05, 3.63) is 68.7 Å². The molecule has 0 aliphatic rings. The molecular weight excluding hydrogens is 264 g/mol. The first-order valence-corrected chi connectivity index (χ1v) is 6.17. The van der Waals surface area contributed by atoms with Crippen LogP contribution in [0, 0.1) is 17.0 Å². The third-order valence-corrected chi connectivity index (χ3v) is 3.13. The Hall–Kier alpha value is -2.07. The Morgan fingerprint density at radius 3 is 2.47 bits per heavy atom. The van der Waals surface area contributed by atoms with Crippen LogP contribution >= 0.6 is 11.6 Å². The zero-order chi connectivity index (χ0) is 13.8. The maximum absolute atomic E-state index is 10.6. The molecule has 0 aromatic heterocycles. The molecule has 0 heterocycles. The number of nitro benzene ring substituents is 1. The predicted molar refractivity (Wildman–Crippen MR) is 76.6 cm³/mol. The lowest BCUT2D eigenvalue weighted by atomic mass is 10.2. The summed E-state index contributed by atoms with van der Waals surface area (Å²) >= 11 is 6.02. The number of nitrogens with zero attached hydrogens (tertiary/aromatic N) is 1. The monoisotopic (exact) mass is 276 g/mol. The minimum Gasteiger partial charge on any atom is -0.381 e. The molecule has 0 amide bonds. The Labute approximate surface area is 116 Å². The Morgan fingerprint density at radius 1 is 1.21 bits per heavy atom. The Morgan fingerprint density at radius 2 is 1.89 bits per heavy atom. The first kappa shape index (κ1) is 13.4. The standard InChI is InChI=1S/C14H13ClN2O2/c1-10-2-5-12(6-3-10)16-9-11-4-7-13(17(18)19)8-14(11)15/h2-8,16H,9H2,1H3. The highest BCUT2D eigenvalue weighted by Crippen LogP contribution is 2.23. The van der Waals surface area contributed by atoms with Crippen molar-refractivity contribution in [2.24, 2.45) is 0 Å². The number of halogens is 1. The summed E-state index contributed by atoms with van der Waals surface area (Å²) in [7, 11) is 0. The van der Waals surface area contributed by atoms with Gasteiger partial charge in [-0.3, -0.25) is 10.1 Å². The van der Waals surface area contributed by atoms with Gasteiger partial charge < -0.3 is 5.32 Å². The number of nitro groups is 1. The van der Waals surface area contributed by atoms with Gasteiger partial charge in [0.15, 0.2) is 0 Å².